The Labute approximate surface area is 164 Å². The van der Waals surface area contributed by atoms with Crippen LogP contribution in [0, 0.1) is 0 Å². The van der Waals surface area contributed by atoms with Crippen LogP contribution in [-0.2, 0) is 21.2 Å². The molecule has 9 heteroatoms. The largest absolute Gasteiger partial charge is 0.352 e. The van der Waals surface area contributed by atoms with Gasteiger partial charge in [-0.1, -0.05) is 25.5 Å². The maximum absolute atomic E-state index is 12.8. The first kappa shape index (κ1) is 20.3. The third-order valence-corrected chi connectivity index (χ3v) is 6.95. The lowest BCUT2D eigenvalue weighted by Gasteiger charge is -2.30. The van der Waals surface area contributed by atoms with Crippen molar-refractivity contribution in [1.29, 1.82) is 0 Å². The molecule has 0 unspecified atom stereocenters. The number of nitrogens with zero attached hydrogens (tertiary/aromatic N) is 1. The molecule has 0 aromatic heterocycles. The van der Waals surface area contributed by atoms with E-state index in [1.54, 1.807) is 24.3 Å². The number of hydrogen-bond acceptors (Lipinski definition) is 5. The number of hydrogen-bond donors (Lipinski definition) is 2. The third kappa shape index (κ3) is 4.19. The van der Waals surface area contributed by atoms with E-state index in [1.165, 1.54) is 0 Å². The molecule has 2 aliphatic rings. The highest BCUT2D eigenvalue weighted by atomic mass is 32.2. The van der Waals surface area contributed by atoms with Gasteiger partial charge in [0.15, 0.2) is 9.84 Å². The second kappa shape index (κ2) is 7.90. The van der Waals surface area contributed by atoms with Crippen LogP contribution in [0.2, 0.25) is 0 Å². The van der Waals surface area contributed by atoms with Gasteiger partial charge in [0.25, 0.3) is 11.8 Å². The monoisotopic (exact) mass is 407 g/mol. The highest BCUT2D eigenvalue weighted by Gasteiger charge is 2.53. The second-order valence-electron chi connectivity index (χ2n) is 7.36. The Morgan fingerprint density at radius 1 is 1.18 bits per heavy atom. The van der Waals surface area contributed by atoms with Crippen LogP contribution in [-0.4, -0.2) is 54.8 Å². The van der Waals surface area contributed by atoms with Crippen molar-refractivity contribution in [3.8, 4) is 0 Å². The number of benzene rings is 1. The average molecular weight is 407 g/mol. The van der Waals surface area contributed by atoms with Crippen molar-refractivity contribution in [1.82, 2.24) is 15.5 Å². The van der Waals surface area contributed by atoms with E-state index in [2.05, 4.69) is 10.6 Å². The topological polar surface area (TPSA) is 113 Å². The number of nitrogens with one attached hydrogen (secondary N) is 2. The summed E-state index contributed by atoms with van der Waals surface area (Å²) in [6.45, 7) is 2.75. The number of amides is 4. The summed E-state index contributed by atoms with van der Waals surface area (Å²) in [4.78, 5) is 38.3. The molecule has 0 saturated carbocycles. The Morgan fingerprint density at radius 2 is 1.82 bits per heavy atom. The van der Waals surface area contributed by atoms with Gasteiger partial charge in [-0.2, -0.15) is 0 Å². The molecule has 152 valence electrons. The number of sulfone groups is 1. The second-order valence-corrected chi connectivity index (χ2v) is 9.67. The van der Waals surface area contributed by atoms with Gasteiger partial charge in [0, 0.05) is 12.1 Å². The van der Waals surface area contributed by atoms with E-state index in [0.717, 1.165) is 17.7 Å². The fourth-order valence-electron chi connectivity index (χ4n) is 3.47. The van der Waals surface area contributed by atoms with Gasteiger partial charge in [0.2, 0.25) is 0 Å². The lowest BCUT2D eigenvalue weighted by molar-refractivity contribution is -0.132. The first-order chi connectivity index (χ1) is 13.3. The van der Waals surface area contributed by atoms with Crippen LogP contribution in [0.3, 0.4) is 0 Å². The van der Waals surface area contributed by atoms with Crippen LogP contribution in [0.5, 0.6) is 0 Å². The first-order valence-electron chi connectivity index (χ1n) is 9.48. The Bertz CT molecular complexity index is 865. The van der Waals surface area contributed by atoms with Crippen molar-refractivity contribution in [3.63, 3.8) is 0 Å². The maximum atomic E-state index is 12.8. The molecule has 2 heterocycles. The highest BCUT2D eigenvalue weighted by Crippen LogP contribution is 2.31. The molecule has 1 aromatic rings. The molecule has 1 aromatic carbocycles. The van der Waals surface area contributed by atoms with Crippen molar-refractivity contribution in [2.75, 3.05) is 18.1 Å². The Hall–Kier alpha value is -2.42. The predicted molar refractivity (Wildman–Crippen MR) is 103 cm³/mol. The zero-order valence-corrected chi connectivity index (χ0v) is 16.7. The van der Waals surface area contributed by atoms with Gasteiger partial charge in [0.05, 0.1) is 18.1 Å². The highest BCUT2D eigenvalue weighted by molar-refractivity contribution is 7.91. The molecular formula is C19H25N3O5S. The van der Waals surface area contributed by atoms with Crippen molar-refractivity contribution in [3.05, 3.63) is 35.4 Å². The van der Waals surface area contributed by atoms with Crippen LogP contribution in [0.25, 0.3) is 0 Å². The number of imide groups is 1. The summed E-state index contributed by atoms with van der Waals surface area (Å²) in [7, 11) is -3.14. The van der Waals surface area contributed by atoms with Gasteiger partial charge >= 0.3 is 6.03 Å². The van der Waals surface area contributed by atoms with E-state index in [1.807, 2.05) is 6.92 Å². The molecule has 0 bridgehead atoms. The normalized spacial score (nSPS) is 20.2. The molecule has 2 N–H and O–H groups in total. The lowest BCUT2D eigenvalue weighted by atomic mass is 9.92. The van der Waals surface area contributed by atoms with E-state index >= 15 is 0 Å². The van der Waals surface area contributed by atoms with Gasteiger partial charge in [-0.05, 0) is 37.0 Å². The van der Waals surface area contributed by atoms with Crippen molar-refractivity contribution in [2.45, 2.75) is 44.7 Å². The number of carbonyl (C=O) groups is 3. The summed E-state index contributed by atoms with van der Waals surface area (Å²) >= 11 is 0. The molecule has 8 nitrogen and oxygen atoms in total. The van der Waals surface area contributed by atoms with Crippen LogP contribution in [0.1, 0.15) is 48.5 Å². The fraction of sp³-hybridized carbons (Fsp3) is 0.526. The SMILES string of the molecule is CCCCNC(=O)c1ccc(CN2C(=O)NC3(CCS(=O)(=O)CC3)C2=O)cc1. The van der Waals surface area contributed by atoms with E-state index < -0.39 is 21.4 Å². The van der Waals surface area contributed by atoms with Gasteiger partial charge in [-0.15, -0.1) is 0 Å². The summed E-state index contributed by atoms with van der Waals surface area (Å²) in [6, 6.07) is 6.25. The Kier molecular flexibility index (Phi) is 5.74. The predicted octanol–water partition coefficient (Wildman–Crippen LogP) is 1.22. The van der Waals surface area contributed by atoms with Crippen LogP contribution < -0.4 is 10.6 Å². The van der Waals surface area contributed by atoms with Crippen molar-refractivity contribution >= 4 is 27.7 Å². The van der Waals surface area contributed by atoms with Gasteiger partial charge in [0.1, 0.15) is 5.54 Å². The van der Waals surface area contributed by atoms with E-state index in [0.29, 0.717) is 17.7 Å². The molecule has 0 atom stereocenters. The zero-order valence-electron chi connectivity index (χ0n) is 15.9. The minimum Gasteiger partial charge on any atom is -0.352 e. The van der Waals surface area contributed by atoms with Crippen molar-refractivity contribution in [2.24, 2.45) is 0 Å². The molecule has 2 fully saturated rings. The van der Waals surface area contributed by atoms with E-state index in [-0.39, 0.29) is 42.7 Å². The number of urea groups is 1. The zero-order chi connectivity index (χ0) is 20.4. The van der Waals surface area contributed by atoms with Gasteiger partial charge < -0.3 is 10.6 Å². The molecule has 3 rings (SSSR count). The molecule has 4 amide bonds. The van der Waals surface area contributed by atoms with E-state index in [4.69, 9.17) is 0 Å². The summed E-state index contributed by atoms with van der Waals surface area (Å²) in [5.41, 5.74) is 0.127. The van der Waals surface area contributed by atoms with E-state index in [9.17, 15) is 22.8 Å². The van der Waals surface area contributed by atoms with Crippen LogP contribution in [0.4, 0.5) is 4.79 Å². The number of carbonyl (C=O) groups excluding carboxylic acids is 3. The fourth-order valence-corrected chi connectivity index (χ4v) is 4.99. The smallest absolute Gasteiger partial charge is 0.325 e. The molecule has 2 aliphatic heterocycles. The third-order valence-electron chi connectivity index (χ3n) is 5.30. The maximum Gasteiger partial charge on any atom is 0.325 e. The van der Waals surface area contributed by atoms with Gasteiger partial charge in [-0.25, -0.2) is 13.2 Å². The summed E-state index contributed by atoms with van der Waals surface area (Å²) in [5.74, 6) is -0.741. The van der Waals surface area contributed by atoms with Gasteiger partial charge in [-0.3, -0.25) is 14.5 Å². The lowest BCUT2D eigenvalue weighted by Crippen LogP contribution is -2.52. The Balaban J connectivity index is 1.64. The molecule has 28 heavy (non-hydrogen) atoms. The number of unbranched alkanes of at least 4 members (excludes halogenated alkanes) is 1. The minimum atomic E-state index is -3.14. The molecule has 2 saturated heterocycles. The van der Waals surface area contributed by atoms with Crippen molar-refractivity contribution < 1.29 is 22.8 Å². The quantitative estimate of drug-likeness (QED) is 0.544. The number of rotatable bonds is 6. The minimum absolute atomic E-state index is 0.0803. The van der Waals surface area contributed by atoms with Crippen LogP contribution >= 0.6 is 0 Å². The molecule has 1 spiro atoms. The molecular weight excluding hydrogens is 382 g/mol. The Morgan fingerprint density at radius 3 is 2.43 bits per heavy atom. The summed E-state index contributed by atoms with van der Waals surface area (Å²) in [5, 5.41) is 5.53. The molecule has 0 radical (unpaired) electrons. The summed E-state index contributed by atoms with van der Waals surface area (Å²) < 4.78 is 23.3. The molecule has 0 aliphatic carbocycles. The average Bonchev–Trinajstić information content (AvgIpc) is 2.89. The van der Waals surface area contributed by atoms with Crippen LogP contribution in [0.15, 0.2) is 24.3 Å². The standard InChI is InChI=1S/C19H25N3O5S/c1-2-3-10-20-16(23)15-6-4-14(5-7-15)13-22-17(24)19(21-18(22)25)8-11-28(26,27)12-9-19/h4-7H,2-3,8-13H2,1H3,(H,20,23)(H,21,25). The first-order valence-corrected chi connectivity index (χ1v) is 11.3. The summed E-state index contributed by atoms with van der Waals surface area (Å²) in [6.07, 6.45) is 2.12.